The van der Waals surface area contributed by atoms with Crippen molar-refractivity contribution >= 4 is 17.5 Å². The Morgan fingerprint density at radius 2 is 2.10 bits per heavy atom. The van der Waals surface area contributed by atoms with Gasteiger partial charge in [-0.1, -0.05) is 18.1 Å². The molecular weight excluding hydrogens is 386 g/mol. The van der Waals surface area contributed by atoms with E-state index in [1.807, 2.05) is 23.1 Å². The SMILES string of the molecule is O=C(C=CCC12CCC(O)(C#CCl)CC1CCc1cc(O)ccc12)N1CCCC1. The highest BCUT2D eigenvalue weighted by Gasteiger charge is 2.50. The van der Waals surface area contributed by atoms with Gasteiger partial charge in [0, 0.05) is 23.9 Å². The average molecular weight is 414 g/mol. The molecule has 154 valence electrons. The largest absolute Gasteiger partial charge is 0.508 e. The number of likely N-dealkylation sites (tertiary alicyclic amines) is 1. The molecule has 1 amide bonds. The first-order valence-electron chi connectivity index (χ1n) is 10.6. The molecule has 0 radical (unpaired) electrons. The highest BCUT2D eigenvalue weighted by Crippen LogP contribution is 2.54. The van der Waals surface area contributed by atoms with Crippen LogP contribution in [0.5, 0.6) is 5.75 Å². The molecule has 3 aliphatic rings. The average Bonchev–Trinajstić information content (AvgIpc) is 3.23. The van der Waals surface area contributed by atoms with Crippen LogP contribution in [0.25, 0.3) is 0 Å². The van der Waals surface area contributed by atoms with Gasteiger partial charge in [0.25, 0.3) is 0 Å². The minimum atomic E-state index is -1.04. The second-order valence-electron chi connectivity index (χ2n) is 8.83. The number of carbonyl (C=O) groups excluding carboxylic acids is 1. The number of carbonyl (C=O) groups is 1. The van der Waals surface area contributed by atoms with Gasteiger partial charge in [-0.25, -0.2) is 0 Å². The summed E-state index contributed by atoms with van der Waals surface area (Å²) in [4.78, 5) is 14.4. The summed E-state index contributed by atoms with van der Waals surface area (Å²) in [6.45, 7) is 1.70. The quantitative estimate of drug-likeness (QED) is 0.584. The van der Waals surface area contributed by atoms with E-state index in [0.717, 1.165) is 51.6 Å². The van der Waals surface area contributed by atoms with Gasteiger partial charge in [0.2, 0.25) is 5.91 Å². The first-order valence-corrected chi connectivity index (χ1v) is 11.0. The van der Waals surface area contributed by atoms with Crippen molar-refractivity contribution < 1.29 is 15.0 Å². The van der Waals surface area contributed by atoms with Crippen LogP contribution in [0.2, 0.25) is 0 Å². The number of aryl methyl sites for hydroxylation is 1. The molecule has 1 aromatic carbocycles. The molecule has 0 bridgehead atoms. The van der Waals surface area contributed by atoms with E-state index >= 15 is 0 Å². The van der Waals surface area contributed by atoms with Gasteiger partial charge in [0.1, 0.15) is 11.4 Å². The molecule has 4 nitrogen and oxygen atoms in total. The Balaban J connectivity index is 1.63. The standard InChI is InChI=1S/C24H28ClNO3/c25-13-12-23(29)10-11-24(9-3-4-22(28)26-14-1-2-15-26)19(17-23)6-5-18-16-20(27)7-8-21(18)24/h3-4,7-8,16,19,27,29H,1-2,5-6,9-11,14-15,17H2. The zero-order chi connectivity index (χ0) is 20.5. The lowest BCUT2D eigenvalue weighted by atomic mass is 9.53. The maximum Gasteiger partial charge on any atom is 0.246 e. The zero-order valence-electron chi connectivity index (χ0n) is 16.7. The summed E-state index contributed by atoms with van der Waals surface area (Å²) in [7, 11) is 0. The van der Waals surface area contributed by atoms with E-state index in [0.29, 0.717) is 12.8 Å². The molecule has 29 heavy (non-hydrogen) atoms. The highest BCUT2D eigenvalue weighted by molar-refractivity contribution is 6.30. The Hall–Kier alpha value is -1.96. The summed E-state index contributed by atoms with van der Waals surface area (Å²) < 4.78 is 0. The number of benzene rings is 1. The number of aromatic hydroxyl groups is 1. The van der Waals surface area contributed by atoms with Crippen LogP contribution < -0.4 is 0 Å². The van der Waals surface area contributed by atoms with Crippen LogP contribution in [0.1, 0.15) is 56.1 Å². The molecule has 1 heterocycles. The predicted octanol–water partition coefficient (Wildman–Crippen LogP) is 3.88. The first-order chi connectivity index (χ1) is 14.0. The van der Waals surface area contributed by atoms with Crippen molar-refractivity contribution in [1.29, 1.82) is 0 Å². The Kier molecular flexibility index (Phi) is 5.64. The van der Waals surface area contributed by atoms with Crippen molar-refractivity contribution in [3.63, 3.8) is 0 Å². The molecular formula is C24H28ClNO3. The molecule has 0 aromatic heterocycles. The van der Waals surface area contributed by atoms with Gasteiger partial charge in [-0.15, -0.1) is 0 Å². The summed E-state index contributed by atoms with van der Waals surface area (Å²) in [6.07, 6.45) is 10.4. The van der Waals surface area contributed by atoms with Gasteiger partial charge in [0.15, 0.2) is 0 Å². The third-order valence-electron chi connectivity index (χ3n) is 7.18. The number of halogens is 1. The molecule has 1 saturated carbocycles. The molecule has 1 aromatic rings. The lowest BCUT2D eigenvalue weighted by Crippen LogP contribution is -2.49. The van der Waals surface area contributed by atoms with Crippen molar-refractivity contribution in [1.82, 2.24) is 4.90 Å². The van der Waals surface area contributed by atoms with Crippen LogP contribution in [0, 0.1) is 17.2 Å². The van der Waals surface area contributed by atoms with E-state index in [2.05, 4.69) is 11.3 Å². The van der Waals surface area contributed by atoms with Gasteiger partial charge in [-0.2, -0.15) is 0 Å². The lowest BCUT2D eigenvalue weighted by molar-refractivity contribution is -0.125. The van der Waals surface area contributed by atoms with Crippen molar-refractivity contribution in [2.24, 2.45) is 5.92 Å². The van der Waals surface area contributed by atoms with Gasteiger partial charge in [-0.3, -0.25) is 4.79 Å². The maximum atomic E-state index is 12.5. The summed E-state index contributed by atoms with van der Waals surface area (Å²) in [5.74, 6) is 3.44. The molecule has 4 rings (SSSR count). The van der Waals surface area contributed by atoms with E-state index < -0.39 is 5.60 Å². The van der Waals surface area contributed by atoms with Gasteiger partial charge < -0.3 is 15.1 Å². The van der Waals surface area contributed by atoms with Crippen molar-refractivity contribution in [2.75, 3.05) is 13.1 Å². The fraction of sp³-hybridized carbons (Fsp3) is 0.542. The fourth-order valence-corrected chi connectivity index (χ4v) is 5.84. The van der Waals surface area contributed by atoms with Crippen molar-refractivity contribution in [3.8, 4) is 17.0 Å². The topological polar surface area (TPSA) is 60.8 Å². The number of hydrogen-bond acceptors (Lipinski definition) is 3. The van der Waals surface area contributed by atoms with Gasteiger partial charge in [-0.05, 0) is 98.2 Å². The molecule has 3 unspecified atom stereocenters. The number of fused-ring (bicyclic) bond motifs is 3. The lowest BCUT2D eigenvalue weighted by Gasteiger charge is -2.52. The maximum absolute atomic E-state index is 12.5. The van der Waals surface area contributed by atoms with E-state index in [4.69, 9.17) is 11.6 Å². The van der Waals surface area contributed by atoms with Crippen LogP contribution in [-0.4, -0.2) is 39.7 Å². The van der Waals surface area contributed by atoms with E-state index in [1.165, 1.54) is 11.1 Å². The minimum absolute atomic E-state index is 0.0949. The monoisotopic (exact) mass is 413 g/mol. The Labute approximate surface area is 177 Å². The summed E-state index contributed by atoms with van der Waals surface area (Å²) in [5, 5.41) is 23.2. The molecule has 2 N–H and O–H groups in total. The molecule has 3 atom stereocenters. The number of allylic oxidation sites excluding steroid dienone is 1. The van der Waals surface area contributed by atoms with E-state index in [-0.39, 0.29) is 23.0 Å². The molecule has 1 saturated heterocycles. The molecule has 2 aliphatic carbocycles. The zero-order valence-corrected chi connectivity index (χ0v) is 17.4. The van der Waals surface area contributed by atoms with Crippen LogP contribution in [-0.2, 0) is 16.6 Å². The molecule has 0 spiro atoms. The Morgan fingerprint density at radius 1 is 1.31 bits per heavy atom. The second kappa shape index (κ2) is 8.05. The second-order valence-corrected chi connectivity index (χ2v) is 9.02. The highest BCUT2D eigenvalue weighted by atomic mass is 35.5. The smallest absolute Gasteiger partial charge is 0.246 e. The number of rotatable bonds is 3. The van der Waals surface area contributed by atoms with Crippen molar-refractivity contribution in [2.45, 2.75) is 62.4 Å². The Morgan fingerprint density at radius 3 is 2.86 bits per heavy atom. The normalized spacial score (nSPS) is 31.1. The number of phenolic OH excluding ortho intramolecular Hbond substituents is 1. The van der Waals surface area contributed by atoms with Crippen LogP contribution >= 0.6 is 11.6 Å². The third-order valence-corrected chi connectivity index (χ3v) is 7.27. The number of nitrogens with zero attached hydrogens (tertiary/aromatic N) is 1. The van der Waals surface area contributed by atoms with Crippen LogP contribution in [0.4, 0.5) is 0 Å². The molecule has 2 fully saturated rings. The first kappa shape index (κ1) is 20.3. The summed E-state index contributed by atoms with van der Waals surface area (Å²) in [5.41, 5.74) is 1.23. The van der Waals surface area contributed by atoms with Crippen LogP contribution in [0.3, 0.4) is 0 Å². The molecule has 1 aliphatic heterocycles. The van der Waals surface area contributed by atoms with E-state index in [9.17, 15) is 15.0 Å². The number of aliphatic hydroxyl groups is 1. The van der Waals surface area contributed by atoms with Crippen LogP contribution in [0.15, 0.2) is 30.4 Å². The third kappa shape index (κ3) is 3.91. The predicted molar refractivity (Wildman–Crippen MR) is 114 cm³/mol. The summed E-state index contributed by atoms with van der Waals surface area (Å²) >= 11 is 5.61. The van der Waals surface area contributed by atoms with Gasteiger partial charge >= 0.3 is 0 Å². The number of amides is 1. The number of phenols is 1. The van der Waals surface area contributed by atoms with Gasteiger partial charge in [0.05, 0.1) is 0 Å². The van der Waals surface area contributed by atoms with E-state index in [1.54, 1.807) is 12.1 Å². The fourth-order valence-electron chi connectivity index (χ4n) is 5.67. The Bertz CT molecular complexity index is 880. The summed E-state index contributed by atoms with van der Waals surface area (Å²) in [6, 6.07) is 5.65. The number of hydrogen-bond donors (Lipinski definition) is 2. The van der Waals surface area contributed by atoms with Crippen molar-refractivity contribution in [3.05, 3.63) is 41.5 Å². The minimum Gasteiger partial charge on any atom is -0.508 e. The molecule has 5 heteroatoms.